The van der Waals surface area contributed by atoms with Gasteiger partial charge in [0, 0.05) is 25.7 Å². The summed E-state index contributed by atoms with van der Waals surface area (Å²) in [6.45, 7) is 5.75. The van der Waals surface area contributed by atoms with Gasteiger partial charge in [-0.25, -0.2) is 0 Å². The van der Waals surface area contributed by atoms with E-state index in [1.807, 2.05) is 13.8 Å². The number of ketones is 2. The molecule has 0 saturated carbocycles. The summed E-state index contributed by atoms with van der Waals surface area (Å²) in [6, 6.07) is 0. The van der Waals surface area contributed by atoms with Crippen LogP contribution in [0.5, 0.6) is 0 Å². The van der Waals surface area contributed by atoms with Crippen LogP contribution in [0.25, 0.3) is 0 Å². The number of hydrogen-bond acceptors (Lipinski definition) is 6. The number of carbonyl (C=O) groups is 6. The topological polar surface area (TPSA) is 151 Å². The number of hydrogen-bond donors (Lipinski definition) is 4. The molecule has 0 radical (unpaired) electrons. The molecule has 0 rings (SSSR count). The molecule has 11 nitrogen and oxygen atoms in total. The molecule has 0 aromatic heterocycles. The van der Waals surface area contributed by atoms with E-state index < -0.39 is 16.3 Å². The van der Waals surface area contributed by atoms with Crippen molar-refractivity contribution in [3.05, 3.63) is 0 Å². The summed E-state index contributed by atoms with van der Waals surface area (Å²) >= 11 is 0. The highest BCUT2D eigenvalue weighted by molar-refractivity contribution is 5.86. The van der Waals surface area contributed by atoms with Crippen molar-refractivity contribution in [2.45, 2.75) is 66.2 Å². The molecule has 11 heteroatoms. The Kier molecular flexibility index (Phi) is 13.7. The summed E-state index contributed by atoms with van der Waals surface area (Å²) in [5.74, 6) is -2.48. The van der Waals surface area contributed by atoms with Crippen LogP contribution in [-0.4, -0.2) is 65.9 Å². The first-order chi connectivity index (χ1) is 14.6. The van der Waals surface area contributed by atoms with Crippen LogP contribution in [0, 0.1) is 0 Å². The molecule has 0 unspecified atom stereocenters. The third-order valence-corrected chi connectivity index (χ3v) is 4.41. The van der Waals surface area contributed by atoms with Crippen LogP contribution >= 0.6 is 0 Å². The zero-order valence-corrected chi connectivity index (χ0v) is 19.0. The second-order valence-electron chi connectivity index (χ2n) is 7.45. The van der Waals surface area contributed by atoms with Crippen LogP contribution in [0.1, 0.15) is 66.2 Å². The smallest absolute Gasteiger partial charge is 0.293 e. The van der Waals surface area contributed by atoms with Gasteiger partial charge in [0.15, 0.2) is 24.7 Å². The van der Waals surface area contributed by atoms with E-state index >= 15 is 0 Å². The molecule has 0 aliphatic carbocycles. The summed E-state index contributed by atoms with van der Waals surface area (Å²) in [5, 5.41) is 0. The maximum atomic E-state index is 12.5. The van der Waals surface area contributed by atoms with E-state index in [-0.39, 0.29) is 75.2 Å². The molecule has 0 saturated heterocycles. The zero-order chi connectivity index (χ0) is 23.9. The van der Waals surface area contributed by atoms with E-state index in [1.165, 1.54) is 0 Å². The number of quaternary nitrogens is 1. The average Bonchev–Trinajstić information content (AvgIpc) is 2.70. The molecule has 0 bridgehead atoms. The summed E-state index contributed by atoms with van der Waals surface area (Å²) in [7, 11) is 0. The van der Waals surface area contributed by atoms with E-state index in [4.69, 9.17) is 0 Å². The van der Waals surface area contributed by atoms with E-state index in [0.29, 0.717) is 12.8 Å². The van der Waals surface area contributed by atoms with Gasteiger partial charge < -0.3 is 0 Å². The summed E-state index contributed by atoms with van der Waals surface area (Å²) in [5.41, 5.74) is 9.08. The lowest BCUT2D eigenvalue weighted by Crippen LogP contribution is -2.63. The molecular formula is C20H36N5O6+. The van der Waals surface area contributed by atoms with Crippen LogP contribution in [0.3, 0.4) is 0 Å². The minimum atomic E-state index is -0.639. The van der Waals surface area contributed by atoms with Gasteiger partial charge in [0.05, 0.1) is 0 Å². The number of carbonyl (C=O) groups excluding carboxylic acids is 6. The first-order valence-electron chi connectivity index (χ1n) is 10.6. The van der Waals surface area contributed by atoms with Gasteiger partial charge in [-0.3, -0.25) is 55.0 Å². The minimum absolute atomic E-state index is 0.171. The van der Waals surface area contributed by atoms with Crippen LogP contribution in [0.2, 0.25) is 0 Å². The van der Waals surface area contributed by atoms with Gasteiger partial charge in [-0.2, -0.15) is 0 Å². The molecular weight excluding hydrogens is 406 g/mol. The van der Waals surface area contributed by atoms with E-state index in [2.05, 4.69) is 21.7 Å². The lowest BCUT2D eigenvalue weighted by molar-refractivity contribution is -0.898. The Bertz CT molecular complexity index is 608. The Morgan fingerprint density at radius 1 is 0.516 bits per heavy atom. The summed E-state index contributed by atoms with van der Waals surface area (Å²) < 4.78 is -0.440. The van der Waals surface area contributed by atoms with Gasteiger partial charge in [-0.05, 0) is 12.8 Å². The molecule has 0 aromatic rings. The van der Waals surface area contributed by atoms with Crippen molar-refractivity contribution in [3.8, 4) is 0 Å². The Balaban J connectivity index is 5.49. The normalized spacial score (nSPS) is 10.7. The fourth-order valence-corrected chi connectivity index (χ4v) is 2.85. The highest BCUT2D eigenvalue weighted by Crippen LogP contribution is 2.10. The average molecular weight is 443 g/mol. The maximum Gasteiger partial charge on any atom is 0.293 e. The quantitative estimate of drug-likeness (QED) is 0.213. The molecule has 4 amide bonds. The van der Waals surface area contributed by atoms with Crippen molar-refractivity contribution in [1.82, 2.24) is 21.7 Å². The number of nitrogens with one attached hydrogen (secondary N) is 4. The molecule has 0 heterocycles. The summed E-state index contributed by atoms with van der Waals surface area (Å²) in [4.78, 5) is 72.6. The first-order valence-corrected chi connectivity index (χ1v) is 10.6. The van der Waals surface area contributed by atoms with Crippen molar-refractivity contribution in [2.24, 2.45) is 0 Å². The van der Waals surface area contributed by atoms with Gasteiger partial charge in [-0.15, -0.1) is 0 Å². The van der Waals surface area contributed by atoms with Gasteiger partial charge in [-0.1, -0.05) is 27.7 Å². The van der Waals surface area contributed by atoms with Crippen molar-refractivity contribution >= 4 is 35.2 Å². The Hall–Kier alpha value is -2.82. The molecule has 176 valence electrons. The molecule has 0 spiro atoms. The number of Topliss-reactive ketones (excluding diaryl/α,β-unsaturated/α-hetero) is 2. The maximum absolute atomic E-state index is 12.5. The van der Waals surface area contributed by atoms with E-state index in [1.54, 1.807) is 13.8 Å². The highest BCUT2D eigenvalue weighted by Gasteiger charge is 2.37. The minimum Gasteiger partial charge on any atom is -0.296 e. The predicted molar refractivity (Wildman–Crippen MR) is 113 cm³/mol. The van der Waals surface area contributed by atoms with Crippen LogP contribution in [0.15, 0.2) is 0 Å². The van der Waals surface area contributed by atoms with Gasteiger partial charge >= 0.3 is 0 Å². The van der Waals surface area contributed by atoms with E-state index in [0.717, 1.165) is 0 Å². The lowest BCUT2D eigenvalue weighted by atomic mass is 10.1. The predicted octanol–water partition coefficient (Wildman–Crippen LogP) is -0.344. The Labute approximate surface area is 183 Å². The summed E-state index contributed by atoms with van der Waals surface area (Å²) in [6.07, 6.45) is 1.99. The van der Waals surface area contributed by atoms with Gasteiger partial charge in [0.1, 0.15) is 13.1 Å². The van der Waals surface area contributed by atoms with Gasteiger partial charge in [0.25, 0.3) is 11.8 Å². The fourth-order valence-electron chi connectivity index (χ4n) is 2.85. The molecule has 4 N–H and O–H groups in total. The van der Waals surface area contributed by atoms with Crippen LogP contribution in [0.4, 0.5) is 0 Å². The fraction of sp³-hybridized carbons (Fsp3) is 0.700. The zero-order valence-electron chi connectivity index (χ0n) is 19.0. The number of rotatable bonds is 14. The Morgan fingerprint density at radius 3 is 1.13 bits per heavy atom. The molecule has 0 aromatic carbocycles. The van der Waals surface area contributed by atoms with Crippen LogP contribution < -0.4 is 21.7 Å². The third kappa shape index (κ3) is 12.5. The standard InChI is InChI=1S/C20H35N5O6/c1-5-9-17(28)21-23-19(30)13-25(11-15(26)7-3,12-16(27)8-4)14-20(31)24-22-18(29)10-6-2/h5-14H2,1-4H3,(H3-,21,22,23,24,28,29,30,31)/p+1. The number of hydrazine groups is 2. The molecule has 0 fully saturated rings. The monoisotopic (exact) mass is 442 g/mol. The highest BCUT2D eigenvalue weighted by atomic mass is 16.2. The van der Waals surface area contributed by atoms with Crippen molar-refractivity contribution < 1.29 is 33.3 Å². The van der Waals surface area contributed by atoms with Crippen molar-refractivity contribution in [2.75, 3.05) is 26.2 Å². The molecule has 31 heavy (non-hydrogen) atoms. The largest absolute Gasteiger partial charge is 0.296 e. The second-order valence-corrected chi connectivity index (χ2v) is 7.45. The lowest BCUT2D eigenvalue weighted by Gasteiger charge is -2.36. The molecule has 0 atom stereocenters. The third-order valence-electron chi connectivity index (χ3n) is 4.41. The SMILES string of the molecule is CCCC(=O)NNC(=O)C[N+](CC(=O)CC)(CC(=O)CC)CC(=O)NNC(=O)CCC. The number of nitrogens with zero attached hydrogens (tertiary/aromatic N) is 1. The van der Waals surface area contributed by atoms with Crippen molar-refractivity contribution in [3.63, 3.8) is 0 Å². The number of amides is 4. The first kappa shape index (κ1) is 28.2. The van der Waals surface area contributed by atoms with Crippen LogP contribution in [-0.2, 0) is 28.8 Å². The van der Waals surface area contributed by atoms with Crippen molar-refractivity contribution in [1.29, 1.82) is 0 Å². The van der Waals surface area contributed by atoms with E-state index in [9.17, 15) is 28.8 Å². The second kappa shape index (κ2) is 15.1. The molecule has 0 aliphatic heterocycles. The molecule has 0 aliphatic rings. The van der Waals surface area contributed by atoms with Gasteiger partial charge in [0.2, 0.25) is 11.8 Å². The Morgan fingerprint density at radius 2 is 0.839 bits per heavy atom.